The molecule has 0 aromatic heterocycles. The molecule has 1 aromatic carbocycles. The molecule has 0 aliphatic rings. The van der Waals surface area contributed by atoms with E-state index in [-0.39, 0.29) is 16.5 Å². The Morgan fingerprint density at radius 2 is 2.12 bits per heavy atom. The number of nitro groups is 1. The summed E-state index contributed by atoms with van der Waals surface area (Å²) in [7, 11) is 0. The molecule has 0 aliphatic carbocycles. The molecule has 6 nitrogen and oxygen atoms in total. The molecule has 0 saturated heterocycles. The second-order valence-corrected chi connectivity index (χ2v) is 3.20. The van der Waals surface area contributed by atoms with E-state index >= 15 is 0 Å². The van der Waals surface area contributed by atoms with Crippen molar-refractivity contribution in [2.24, 2.45) is 5.10 Å². The minimum Gasteiger partial charge on any atom is -0.292 e. The van der Waals surface area contributed by atoms with Gasteiger partial charge in [0.25, 0.3) is 5.69 Å². The van der Waals surface area contributed by atoms with Crippen LogP contribution in [0.25, 0.3) is 0 Å². The number of anilines is 1. The fourth-order valence-electron chi connectivity index (χ4n) is 0.915. The largest absolute Gasteiger partial charge is 0.294 e. The first kappa shape index (κ1) is 12.1. The van der Waals surface area contributed by atoms with Crippen LogP contribution in [-0.2, 0) is 4.79 Å². The molecular weight excluding hydrogens is 234 g/mol. The summed E-state index contributed by atoms with van der Waals surface area (Å²) < 4.78 is 0. The molecule has 0 fully saturated rings. The summed E-state index contributed by atoms with van der Waals surface area (Å²) in [4.78, 5) is 20.8. The number of hydrogen-bond acceptors (Lipinski definition) is 5. The number of carbonyl (C=O) groups is 1. The topological polar surface area (TPSA) is 84.6 Å². The number of hydrazone groups is 1. The predicted octanol–water partition coefficient (Wildman–Crippen LogP) is 2.15. The zero-order valence-corrected chi connectivity index (χ0v) is 9.06. The minimum absolute atomic E-state index is 0.140. The molecular formula is C9H8ClN3O3. The Morgan fingerprint density at radius 3 is 2.69 bits per heavy atom. The van der Waals surface area contributed by atoms with Crippen molar-refractivity contribution in [3.8, 4) is 0 Å². The Balaban J connectivity index is 2.94. The van der Waals surface area contributed by atoms with Crippen molar-refractivity contribution >= 4 is 33.9 Å². The van der Waals surface area contributed by atoms with E-state index in [0.717, 1.165) is 0 Å². The average Bonchev–Trinajstić information content (AvgIpc) is 2.25. The number of halogens is 1. The van der Waals surface area contributed by atoms with Crippen LogP contribution >= 0.6 is 11.6 Å². The summed E-state index contributed by atoms with van der Waals surface area (Å²) in [6.07, 6.45) is 0. The summed E-state index contributed by atoms with van der Waals surface area (Å²) in [5.74, 6) is -0.423. The first-order valence-electron chi connectivity index (χ1n) is 4.26. The summed E-state index contributed by atoms with van der Waals surface area (Å²) in [6, 6.07) is 5.91. The summed E-state index contributed by atoms with van der Waals surface area (Å²) in [5.41, 5.74) is 2.40. The van der Waals surface area contributed by atoms with Crippen molar-refractivity contribution in [3.63, 3.8) is 0 Å². The van der Waals surface area contributed by atoms with Crippen LogP contribution in [0.3, 0.4) is 0 Å². The Morgan fingerprint density at radius 1 is 1.50 bits per heavy atom. The molecule has 0 spiro atoms. The number of nitrogens with zero attached hydrogens (tertiary/aromatic N) is 2. The van der Waals surface area contributed by atoms with Crippen LogP contribution in [0.15, 0.2) is 29.4 Å². The van der Waals surface area contributed by atoms with Gasteiger partial charge in [0.2, 0.25) is 0 Å². The molecule has 1 rings (SSSR count). The summed E-state index contributed by atoms with van der Waals surface area (Å²) in [6.45, 7) is 1.24. The maximum atomic E-state index is 10.7. The number of para-hydroxylation sites is 2. The average molecular weight is 242 g/mol. The van der Waals surface area contributed by atoms with Gasteiger partial charge in [0, 0.05) is 13.0 Å². The number of carbonyl (C=O) groups excluding carboxylic acids is 1. The van der Waals surface area contributed by atoms with Crippen molar-refractivity contribution in [2.75, 3.05) is 5.43 Å². The monoisotopic (exact) mass is 241 g/mol. The number of rotatable bonds is 4. The third kappa shape index (κ3) is 3.03. The number of benzene rings is 1. The van der Waals surface area contributed by atoms with Crippen LogP contribution in [0, 0.1) is 10.1 Å². The SMILES string of the molecule is CC(=O)C(Cl)=NNc1ccccc1[N+](=O)[O-]. The minimum atomic E-state index is -0.556. The Bertz CT molecular complexity index is 459. The van der Waals surface area contributed by atoms with E-state index < -0.39 is 10.7 Å². The quantitative estimate of drug-likeness (QED) is 0.497. The van der Waals surface area contributed by atoms with E-state index in [0.29, 0.717) is 0 Å². The highest BCUT2D eigenvalue weighted by Crippen LogP contribution is 2.22. The standard InChI is InChI=1S/C9H8ClN3O3/c1-6(14)9(10)12-11-7-4-2-3-5-8(7)13(15)16/h2-5,11H,1H3. The molecule has 1 N–H and O–H groups in total. The van der Waals surface area contributed by atoms with E-state index in [1.54, 1.807) is 6.07 Å². The molecule has 1 aromatic rings. The van der Waals surface area contributed by atoms with Gasteiger partial charge < -0.3 is 0 Å². The molecule has 0 radical (unpaired) electrons. The van der Waals surface area contributed by atoms with E-state index in [1.807, 2.05) is 0 Å². The third-order valence-electron chi connectivity index (χ3n) is 1.67. The number of nitrogens with one attached hydrogen (secondary N) is 1. The lowest BCUT2D eigenvalue weighted by atomic mass is 10.3. The highest BCUT2D eigenvalue weighted by molar-refractivity contribution is 6.82. The van der Waals surface area contributed by atoms with E-state index in [1.165, 1.54) is 25.1 Å². The number of nitro benzene ring substituents is 1. The highest BCUT2D eigenvalue weighted by Gasteiger charge is 2.11. The predicted molar refractivity (Wildman–Crippen MR) is 60.7 cm³/mol. The van der Waals surface area contributed by atoms with Crippen molar-refractivity contribution in [3.05, 3.63) is 34.4 Å². The molecule has 0 atom stereocenters. The van der Waals surface area contributed by atoms with Gasteiger partial charge in [-0.2, -0.15) is 5.10 Å². The third-order valence-corrected chi connectivity index (χ3v) is 2.02. The molecule has 0 amide bonds. The molecule has 0 bridgehead atoms. The summed E-state index contributed by atoms with van der Waals surface area (Å²) in [5, 5.41) is 13.9. The molecule has 7 heteroatoms. The lowest BCUT2D eigenvalue weighted by Crippen LogP contribution is -2.05. The second-order valence-electron chi connectivity index (χ2n) is 2.84. The highest BCUT2D eigenvalue weighted by atomic mass is 35.5. The fraction of sp³-hybridized carbons (Fsp3) is 0.111. The Labute approximate surface area is 96.1 Å². The maximum Gasteiger partial charge on any atom is 0.294 e. The van der Waals surface area contributed by atoms with Crippen LogP contribution in [0.5, 0.6) is 0 Å². The molecule has 84 valence electrons. The smallest absolute Gasteiger partial charge is 0.292 e. The van der Waals surface area contributed by atoms with Crippen molar-refractivity contribution in [1.82, 2.24) is 0 Å². The lowest BCUT2D eigenvalue weighted by molar-refractivity contribution is -0.384. The van der Waals surface area contributed by atoms with Gasteiger partial charge in [-0.1, -0.05) is 23.7 Å². The van der Waals surface area contributed by atoms with E-state index in [9.17, 15) is 14.9 Å². The van der Waals surface area contributed by atoms with Gasteiger partial charge in [0.05, 0.1) is 4.92 Å². The van der Waals surface area contributed by atoms with Crippen LogP contribution in [-0.4, -0.2) is 15.9 Å². The van der Waals surface area contributed by atoms with Crippen LogP contribution in [0.4, 0.5) is 11.4 Å². The zero-order chi connectivity index (χ0) is 12.1. The van der Waals surface area contributed by atoms with Crippen molar-refractivity contribution < 1.29 is 9.72 Å². The van der Waals surface area contributed by atoms with E-state index in [2.05, 4.69) is 10.5 Å². The van der Waals surface area contributed by atoms with Gasteiger partial charge in [-0.05, 0) is 6.07 Å². The van der Waals surface area contributed by atoms with Crippen LogP contribution < -0.4 is 5.43 Å². The van der Waals surface area contributed by atoms with E-state index in [4.69, 9.17) is 11.6 Å². The first-order chi connectivity index (χ1) is 7.52. The number of ketones is 1. The Kier molecular flexibility index (Phi) is 3.96. The second kappa shape index (κ2) is 5.22. The van der Waals surface area contributed by atoms with Gasteiger partial charge in [-0.3, -0.25) is 20.3 Å². The number of Topliss-reactive ketones (excluding diaryl/α,β-unsaturated/α-hetero) is 1. The van der Waals surface area contributed by atoms with Gasteiger partial charge >= 0.3 is 0 Å². The molecule has 0 saturated carbocycles. The number of hydrogen-bond donors (Lipinski definition) is 1. The van der Waals surface area contributed by atoms with Gasteiger partial charge in [0.1, 0.15) is 5.69 Å². The lowest BCUT2D eigenvalue weighted by Gasteiger charge is -2.01. The van der Waals surface area contributed by atoms with Crippen LogP contribution in [0.2, 0.25) is 0 Å². The zero-order valence-electron chi connectivity index (χ0n) is 8.31. The van der Waals surface area contributed by atoms with Crippen LogP contribution in [0.1, 0.15) is 6.92 Å². The molecule has 0 aliphatic heterocycles. The summed E-state index contributed by atoms with van der Waals surface area (Å²) >= 11 is 5.47. The molecule has 0 heterocycles. The van der Waals surface area contributed by atoms with Crippen molar-refractivity contribution in [2.45, 2.75) is 6.92 Å². The molecule has 0 unspecified atom stereocenters. The fourth-order valence-corrected chi connectivity index (χ4v) is 0.958. The van der Waals surface area contributed by atoms with Crippen molar-refractivity contribution in [1.29, 1.82) is 0 Å². The molecule has 16 heavy (non-hydrogen) atoms. The Hall–Kier alpha value is -1.95. The normalized spacial score (nSPS) is 11.0. The van der Waals surface area contributed by atoms with Gasteiger partial charge in [0.15, 0.2) is 11.0 Å². The van der Waals surface area contributed by atoms with Gasteiger partial charge in [-0.25, -0.2) is 0 Å². The maximum absolute atomic E-state index is 10.7. The van der Waals surface area contributed by atoms with Gasteiger partial charge in [-0.15, -0.1) is 0 Å². The first-order valence-corrected chi connectivity index (χ1v) is 4.63.